The van der Waals surface area contributed by atoms with Gasteiger partial charge in [-0.1, -0.05) is 31.2 Å². The Labute approximate surface area is 237 Å². The van der Waals surface area contributed by atoms with Gasteiger partial charge >= 0.3 is 6.18 Å². The molecule has 1 saturated heterocycles. The van der Waals surface area contributed by atoms with Crippen molar-refractivity contribution in [3.63, 3.8) is 0 Å². The molecule has 0 N–H and O–H groups in total. The van der Waals surface area contributed by atoms with Gasteiger partial charge in [0.1, 0.15) is 0 Å². The standard InChI is InChI=1S/C30H42F3N3O3S/c1-4-16-35(24(2)22-25-9-13-28(14-10-25)40(3,38)39)17-5-6-18-36-21-20-34(19-15-29(36)37)23-26-7-11-27(12-8-26)30(31,32)33/h7-14,24H,4-6,15-23H2,1-3H3. The van der Waals surface area contributed by atoms with Crippen LogP contribution in [0.2, 0.25) is 0 Å². The summed E-state index contributed by atoms with van der Waals surface area (Å²) in [4.78, 5) is 19.6. The SMILES string of the molecule is CCCN(CCCCN1CCN(Cc2ccc(C(F)(F)F)cc2)CCC1=O)C(C)Cc1ccc(S(C)(=O)=O)cc1. The summed E-state index contributed by atoms with van der Waals surface area (Å²) in [5.74, 6) is 0.131. The Morgan fingerprint density at radius 2 is 1.57 bits per heavy atom. The molecule has 0 bridgehead atoms. The van der Waals surface area contributed by atoms with Crippen molar-refractivity contribution in [2.45, 2.75) is 69.6 Å². The first-order chi connectivity index (χ1) is 18.9. The number of sulfone groups is 1. The van der Waals surface area contributed by atoms with E-state index in [0.717, 1.165) is 62.0 Å². The van der Waals surface area contributed by atoms with Gasteiger partial charge in [-0.25, -0.2) is 8.42 Å². The maximum absolute atomic E-state index is 12.8. The quantitative estimate of drug-likeness (QED) is 0.302. The third-order valence-electron chi connectivity index (χ3n) is 7.51. The fourth-order valence-corrected chi connectivity index (χ4v) is 5.79. The molecule has 222 valence electrons. The van der Waals surface area contributed by atoms with Crippen LogP contribution in [-0.4, -0.2) is 80.6 Å². The third-order valence-corrected chi connectivity index (χ3v) is 8.64. The lowest BCUT2D eigenvalue weighted by molar-refractivity contribution is -0.137. The Hall–Kier alpha value is -2.43. The first-order valence-electron chi connectivity index (χ1n) is 14.1. The molecule has 0 aliphatic carbocycles. The molecular formula is C30H42F3N3O3S. The summed E-state index contributed by atoms with van der Waals surface area (Å²) >= 11 is 0. The van der Waals surface area contributed by atoms with Crippen LogP contribution in [-0.2, 0) is 33.8 Å². The predicted molar refractivity (Wildman–Crippen MR) is 152 cm³/mol. The van der Waals surface area contributed by atoms with E-state index in [1.165, 1.54) is 18.4 Å². The number of carbonyl (C=O) groups is 1. The molecule has 0 saturated carbocycles. The van der Waals surface area contributed by atoms with E-state index in [9.17, 15) is 26.4 Å². The number of hydrogen-bond donors (Lipinski definition) is 0. The van der Waals surface area contributed by atoms with Gasteiger partial charge in [0.25, 0.3) is 0 Å². The van der Waals surface area contributed by atoms with Crippen molar-refractivity contribution in [2.24, 2.45) is 0 Å². The average molecular weight is 582 g/mol. The molecule has 2 aromatic carbocycles. The van der Waals surface area contributed by atoms with Gasteiger partial charge in [-0.3, -0.25) is 9.69 Å². The first-order valence-corrected chi connectivity index (χ1v) is 15.9. The van der Waals surface area contributed by atoms with Crippen LogP contribution < -0.4 is 0 Å². The normalized spacial score (nSPS) is 16.4. The van der Waals surface area contributed by atoms with Crippen molar-refractivity contribution >= 4 is 15.7 Å². The highest BCUT2D eigenvalue weighted by Gasteiger charge is 2.30. The third kappa shape index (κ3) is 9.89. The van der Waals surface area contributed by atoms with Gasteiger partial charge < -0.3 is 9.80 Å². The highest BCUT2D eigenvalue weighted by atomic mass is 32.2. The van der Waals surface area contributed by atoms with Crippen molar-refractivity contribution in [3.05, 3.63) is 65.2 Å². The molecule has 1 unspecified atom stereocenters. The van der Waals surface area contributed by atoms with E-state index in [2.05, 4.69) is 23.6 Å². The summed E-state index contributed by atoms with van der Waals surface area (Å²) in [5, 5.41) is 0. The van der Waals surface area contributed by atoms with Crippen LogP contribution in [0.3, 0.4) is 0 Å². The van der Waals surface area contributed by atoms with E-state index >= 15 is 0 Å². The minimum atomic E-state index is -4.34. The zero-order valence-corrected chi connectivity index (χ0v) is 24.6. The monoisotopic (exact) mass is 581 g/mol. The largest absolute Gasteiger partial charge is 0.416 e. The number of rotatable bonds is 13. The van der Waals surface area contributed by atoms with E-state index in [1.807, 2.05) is 17.0 Å². The summed E-state index contributed by atoms with van der Waals surface area (Å²) in [6.45, 7) is 9.42. The molecule has 0 radical (unpaired) electrons. The van der Waals surface area contributed by atoms with Gasteiger partial charge in [0.15, 0.2) is 9.84 Å². The van der Waals surface area contributed by atoms with Crippen LogP contribution in [0.1, 0.15) is 56.2 Å². The van der Waals surface area contributed by atoms with Crippen LogP contribution >= 0.6 is 0 Å². The minimum absolute atomic E-state index is 0.131. The fraction of sp³-hybridized carbons (Fsp3) is 0.567. The molecule has 0 aromatic heterocycles. The van der Waals surface area contributed by atoms with Gasteiger partial charge in [-0.15, -0.1) is 0 Å². The number of alkyl halides is 3. The van der Waals surface area contributed by atoms with Crippen LogP contribution in [0.25, 0.3) is 0 Å². The molecule has 1 fully saturated rings. The molecule has 0 spiro atoms. The number of hydrogen-bond acceptors (Lipinski definition) is 5. The van der Waals surface area contributed by atoms with Crippen molar-refractivity contribution in [3.8, 4) is 0 Å². The second-order valence-corrected chi connectivity index (χ2v) is 12.8. The lowest BCUT2D eigenvalue weighted by atomic mass is 10.1. The number of halogens is 3. The van der Waals surface area contributed by atoms with E-state index in [1.54, 1.807) is 12.1 Å². The molecule has 6 nitrogen and oxygen atoms in total. The summed E-state index contributed by atoms with van der Waals surface area (Å²) in [6, 6.07) is 12.7. The van der Waals surface area contributed by atoms with Gasteiger partial charge in [-0.2, -0.15) is 13.2 Å². The van der Waals surface area contributed by atoms with Crippen molar-refractivity contribution in [2.75, 3.05) is 45.5 Å². The lowest BCUT2D eigenvalue weighted by Gasteiger charge is -2.29. The molecule has 40 heavy (non-hydrogen) atoms. The van der Waals surface area contributed by atoms with Crippen molar-refractivity contribution in [1.82, 2.24) is 14.7 Å². The van der Waals surface area contributed by atoms with Crippen LogP contribution in [0.5, 0.6) is 0 Å². The van der Waals surface area contributed by atoms with Gasteiger partial charge in [0.2, 0.25) is 5.91 Å². The van der Waals surface area contributed by atoms with E-state index < -0.39 is 21.6 Å². The smallest absolute Gasteiger partial charge is 0.341 e. The summed E-state index contributed by atoms with van der Waals surface area (Å²) < 4.78 is 61.9. The van der Waals surface area contributed by atoms with Crippen molar-refractivity contribution in [1.29, 1.82) is 0 Å². The Morgan fingerprint density at radius 3 is 2.17 bits per heavy atom. The zero-order valence-electron chi connectivity index (χ0n) is 23.8. The molecule has 3 rings (SSSR count). The molecule has 2 aromatic rings. The van der Waals surface area contributed by atoms with Crippen molar-refractivity contribution < 1.29 is 26.4 Å². The lowest BCUT2D eigenvalue weighted by Crippen LogP contribution is -2.37. The number of unbranched alkanes of at least 4 members (excludes halogenated alkanes) is 1. The average Bonchev–Trinajstić information content (AvgIpc) is 3.06. The predicted octanol–water partition coefficient (Wildman–Crippen LogP) is 5.27. The summed E-state index contributed by atoms with van der Waals surface area (Å²) in [7, 11) is -3.20. The number of nitrogens with zero attached hydrogens (tertiary/aromatic N) is 3. The van der Waals surface area contributed by atoms with Gasteiger partial charge in [0.05, 0.1) is 10.5 Å². The molecular weight excluding hydrogens is 539 g/mol. The second-order valence-electron chi connectivity index (χ2n) is 10.8. The molecule has 1 heterocycles. The maximum atomic E-state index is 12.8. The first kappa shape index (κ1) is 32.1. The van der Waals surface area contributed by atoms with E-state index in [-0.39, 0.29) is 5.91 Å². The number of benzene rings is 2. The van der Waals surface area contributed by atoms with Crippen LogP contribution in [0, 0.1) is 0 Å². The topological polar surface area (TPSA) is 60.9 Å². The Morgan fingerprint density at radius 1 is 0.925 bits per heavy atom. The molecule has 1 amide bonds. The summed E-state index contributed by atoms with van der Waals surface area (Å²) in [6.07, 6.45) is 1.04. The molecule has 10 heteroatoms. The Balaban J connectivity index is 1.44. The molecule has 1 aliphatic rings. The highest BCUT2D eigenvalue weighted by molar-refractivity contribution is 7.90. The fourth-order valence-electron chi connectivity index (χ4n) is 5.16. The maximum Gasteiger partial charge on any atom is 0.416 e. The molecule has 1 aliphatic heterocycles. The van der Waals surface area contributed by atoms with Crippen LogP contribution in [0.4, 0.5) is 13.2 Å². The Bertz CT molecular complexity index is 1190. The van der Waals surface area contributed by atoms with E-state index in [0.29, 0.717) is 50.1 Å². The Kier molecular flexibility index (Phi) is 11.6. The van der Waals surface area contributed by atoms with E-state index in [4.69, 9.17) is 0 Å². The highest BCUT2D eigenvalue weighted by Crippen LogP contribution is 2.29. The van der Waals surface area contributed by atoms with Crippen LogP contribution in [0.15, 0.2) is 53.4 Å². The minimum Gasteiger partial charge on any atom is -0.341 e. The zero-order chi connectivity index (χ0) is 29.3. The molecule has 1 atom stereocenters. The number of amides is 1. The number of carbonyl (C=O) groups excluding carboxylic acids is 1. The second kappa shape index (κ2) is 14.5. The van der Waals surface area contributed by atoms with Gasteiger partial charge in [-0.05, 0) is 81.1 Å². The summed E-state index contributed by atoms with van der Waals surface area (Å²) in [5.41, 5.74) is 1.27. The van der Waals surface area contributed by atoms with Gasteiger partial charge in [0, 0.05) is 51.4 Å².